The van der Waals surface area contributed by atoms with E-state index in [1.807, 2.05) is 30.8 Å². The van der Waals surface area contributed by atoms with E-state index in [1.54, 1.807) is 6.07 Å². The number of ether oxygens (including phenoxy) is 1. The van der Waals surface area contributed by atoms with Gasteiger partial charge in [-0.25, -0.2) is 4.79 Å². The SMILES string of the molecule is CCSCCCNc1ccc(C(=O)OC)cc1C. The van der Waals surface area contributed by atoms with E-state index in [0.717, 1.165) is 24.2 Å². The molecule has 0 fully saturated rings. The van der Waals surface area contributed by atoms with Crippen molar-refractivity contribution >= 4 is 23.4 Å². The average molecular weight is 267 g/mol. The Labute approximate surface area is 113 Å². The number of carbonyl (C=O) groups excluding carboxylic acids is 1. The van der Waals surface area contributed by atoms with Crippen molar-refractivity contribution in [2.24, 2.45) is 0 Å². The maximum absolute atomic E-state index is 11.4. The lowest BCUT2D eigenvalue weighted by Gasteiger charge is -2.10. The minimum atomic E-state index is -0.288. The van der Waals surface area contributed by atoms with E-state index in [4.69, 9.17) is 4.74 Å². The van der Waals surface area contributed by atoms with Crippen LogP contribution in [0, 0.1) is 6.92 Å². The van der Waals surface area contributed by atoms with Gasteiger partial charge in [-0.05, 0) is 48.6 Å². The van der Waals surface area contributed by atoms with E-state index in [9.17, 15) is 4.79 Å². The van der Waals surface area contributed by atoms with Gasteiger partial charge in [0, 0.05) is 12.2 Å². The molecule has 4 heteroatoms. The van der Waals surface area contributed by atoms with E-state index >= 15 is 0 Å². The van der Waals surface area contributed by atoms with Crippen molar-refractivity contribution in [1.82, 2.24) is 0 Å². The molecule has 0 spiro atoms. The molecule has 0 unspecified atom stereocenters. The number of benzene rings is 1. The minimum absolute atomic E-state index is 0.288. The van der Waals surface area contributed by atoms with Gasteiger partial charge in [0.2, 0.25) is 0 Å². The first-order chi connectivity index (χ1) is 8.69. The summed E-state index contributed by atoms with van der Waals surface area (Å²) in [4.78, 5) is 11.4. The molecule has 3 nitrogen and oxygen atoms in total. The van der Waals surface area contributed by atoms with Crippen molar-refractivity contribution in [3.8, 4) is 0 Å². The number of methoxy groups -OCH3 is 1. The van der Waals surface area contributed by atoms with E-state index in [0.29, 0.717) is 5.56 Å². The molecule has 0 saturated heterocycles. The molecule has 0 bridgehead atoms. The Bertz CT molecular complexity index is 393. The number of anilines is 1. The van der Waals surface area contributed by atoms with Crippen LogP contribution in [0.5, 0.6) is 0 Å². The summed E-state index contributed by atoms with van der Waals surface area (Å²) in [6.07, 6.45) is 1.15. The highest BCUT2D eigenvalue weighted by Gasteiger charge is 2.06. The van der Waals surface area contributed by atoms with Crippen LogP contribution in [0.1, 0.15) is 29.3 Å². The largest absolute Gasteiger partial charge is 0.465 e. The quantitative estimate of drug-likeness (QED) is 0.607. The number of aryl methyl sites for hydroxylation is 1. The highest BCUT2D eigenvalue weighted by atomic mass is 32.2. The lowest BCUT2D eigenvalue weighted by Crippen LogP contribution is -2.06. The van der Waals surface area contributed by atoms with Crippen molar-refractivity contribution in [2.45, 2.75) is 20.3 Å². The van der Waals surface area contributed by atoms with Gasteiger partial charge in [0.1, 0.15) is 0 Å². The maximum Gasteiger partial charge on any atom is 0.337 e. The number of esters is 1. The smallest absolute Gasteiger partial charge is 0.337 e. The van der Waals surface area contributed by atoms with Gasteiger partial charge in [-0.15, -0.1) is 0 Å². The van der Waals surface area contributed by atoms with Crippen LogP contribution < -0.4 is 5.32 Å². The van der Waals surface area contributed by atoms with Crippen LogP contribution in [-0.2, 0) is 4.74 Å². The van der Waals surface area contributed by atoms with Crippen molar-refractivity contribution in [3.63, 3.8) is 0 Å². The normalized spacial score (nSPS) is 10.2. The Morgan fingerprint density at radius 3 is 2.83 bits per heavy atom. The third kappa shape index (κ3) is 4.61. The van der Waals surface area contributed by atoms with Gasteiger partial charge in [0.05, 0.1) is 12.7 Å². The fourth-order valence-corrected chi connectivity index (χ4v) is 2.29. The molecule has 0 radical (unpaired) electrons. The van der Waals surface area contributed by atoms with Crippen LogP contribution in [0.2, 0.25) is 0 Å². The summed E-state index contributed by atoms with van der Waals surface area (Å²) in [5, 5.41) is 3.39. The van der Waals surface area contributed by atoms with Gasteiger partial charge in [-0.2, -0.15) is 11.8 Å². The summed E-state index contributed by atoms with van der Waals surface area (Å²) in [6, 6.07) is 5.59. The zero-order valence-electron chi connectivity index (χ0n) is 11.3. The predicted octanol–water partition coefficient (Wildman–Crippen LogP) is 3.34. The Balaban J connectivity index is 2.49. The van der Waals surface area contributed by atoms with Gasteiger partial charge >= 0.3 is 5.97 Å². The van der Waals surface area contributed by atoms with Crippen LogP contribution >= 0.6 is 11.8 Å². The van der Waals surface area contributed by atoms with Crippen molar-refractivity contribution in [2.75, 3.05) is 30.5 Å². The number of rotatable bonds is 7. The zero-order chi connectivity index (χ0) is 13.4. The summed E-state index contributed by atoms with van der Waals surface area (Å²) in [5.41, 5.74) is 2.76. The molecular formula is C14H21NO2S. The Morgan fingerprint density at radius 1 is 1.44 bits per heavy atom. The van der Waals surface area contributed by atoms with Gasteiger partial charge in [0.15, 0.2) is 0 Å². The molecule has 0 amide bonds. The fourth-order valence-electron chi connectivity index (χ4n) is 1.65. The average Bonchev–Trinajstić information content (AvgIpc) is 2.39. The second-order valence-corrected chi connectivity index (χ2v) is 5.39. The third-order valence-corrected chi connectivity index (χ3v) is 3.62. The van der Waals surface area contributed by atoms with Crippen molar-refractivity contribution in [3.05, 3.63) is 29.3 Å². The first-order valence-corrected chi connectivity index (χ1v) is 7.35. The number of nitrogens with one attached hydrogen (secondary N) is 1. The summed E-state index contributed by atoms with van der Waals surface area (Å²) in [6.45, 7) is 5.13. The number of thioether (sulfide) groups is 1. The lowest BCUT2D eigenvalue weighted by atomic mass is 10.1. The van der Waals surface area contributed by atoms with E-state index in [-0.39, 0.29) is 5.97 Å². The minimum Gasteiger partial charge on any atom is -0.465 e. The standard InChI is InChI=1S/C14H21NO2S/c1-4-18-9-5-8-15-13-7-6-12(10-11(13)2)14(16)17-3/h6-7,10,15H,4-5,8-9H2,1-3H3. The molecule has 0 heterocycles. The van der Waals surface area contributed by atoms with Crippen LogP contribution in [-0.4, -0.2) is 31.1 Å². The van der Waals surface area contributed by atoms with Crippen LogP contribution in [0.4, 0.5) is 5.69 Å². The van der Waals surface area contributed by atoms with E-state index in [2.05, 4.69) is 12.2 Å². The Kier molecular flexibility index (Phi) is 6.65. The predicted molar refractivity (Wildman–Crippen MR) is 78.6 cm³/mol. The molecule has 1 aromatic rings. The lowest BCUT2D eigenvalue weighted by molar-refractivity contribution is 0.0600. The summed E-state index contributed by atoms with van der Waals surface area (Å²) in [5.74, 6) is 2.07. The molecule has 0 aliphatic carbocycles. The number of carbonyl (C=O) groups is 1. The molecule has 100 valence electrons. The van der Waals surface area contributed by atoms with Gasteiger partial charge < -0.3 is 10.1 Å². The highest BCUT2D eigenvalue weighted by molar-refractivity contribution is 7.99. The highest BCUT2D eigenvalue weighted by Crippen LogP contribution is 2.17. The molecule has 0 aromatic heterocycles. The number of hydrogen-bond acceptors (Lipinski definition) is 4. The molecule has 1 rings (SSSR count). The molecule has 0 aliphatic rings. The maximum atomic E-state index is 11.4. The monoisotopic (exact) mass is 267 g/mol. The molecule has 0 saturated carbocycles. The van der Waals surface area contributed by atoms with Gasteiger partial charge in [0.25, 0.3) is 0 Å². The van der Waals surface area contributed by atoms with Crippen LogP contribution in [0.3, 0.4) is 0 Å². The molecular weight excluding hydrogens is 246 g/mol. The summed E-state index contributed by atoms with van der Waals surface area (Å²) < 4.78 is 4.69. The van der Waals surface area contributed by atoms with Gasteiger partial charge in [-0.1, -0.05) is 6.92 Å². The van der Waals surface area contributed by atoms with E-state index < -0.39 is 0 Å². The molecule has 18 heavy (non-hydrogen) atoms. The molecule has 1 N–H and O–H groups in total. The van der Waals surface area contributed by atoms with E-state index in [1.165, 1.54) is 18.6 Å². The van der Waals surface area contributed by atoms with Crippen LogP contribution in [0.15, 0.2) is 18.2 Å². The van der Waals surface area contributed by atoms with Gasteiger partial charge in [-0.3, -0.25) is 0 Å². The number of hydrogen-bond donors (Lipinski definition) is 1. The first kappa shape index (κ1) is 14.9. The summed E-state index contributed by atoms with van der Waals surface area (Å²) >= 11 is 1.96. The Morgan fingerprint density at radius 2 is 2.22 bits per heavy atom. The molecule has 0 atom stereocenters. The summed E-state index contributed by atoms with van der Waals surface area (Å²) in [7, 11) is 1.40. The second kappa shape index (κ2) is 8.03. The third-order valence-electron chi connectivity index (χ3n) is 2.63. The van der Waals surface area contributed by atoms with Crippen LogP contribution in [0.25, 0.3) is 0 Å². The second-order valence-electron chi connectivity index (χ2n) is 4.00. The molecule has 1 aromatic carbocycles. The topological polar surface area (TPSA) is 38.3 Å². The zero-order valence-corrected chi connectivity index (χ0v) is 12.1. The fraction of sp³-hybridized carbons (Fsp3) is 0.500. The molecule has 0 aliphatic heterocycles. The Hall–Kier alpha value is -1.16. The van der Waals surface area contributed by atoms with Crippen molar-refractivity contribution in [1.29, 1.82) is 0 Å². The van der Waals surface area contributed by atoms with Crippen molar-refractivity contribution < 1.29 is 9.53 Å². The first-order valence-electron chi connectivity index (χ1n) is 6.19.